The van der Waals surface area contributed by atoms with Crippen LogP contribution in [0.25, 0.3) is 0 Å². The summed E-state index contributed by atoms with van der Waals surface area (Å²) in [6.07, 6.45) is 1.34. The number of para-hydroxylation sites is 1. The first-order valence-corrected chi connectivity index (χ1v) is 12.7. The quantitative estimate of drug-likeness (QED) is 0.754. The highest BCUT2D eigenvalue weighted by Crippen LogP contribution is 2.83. The van der Waals surface area contributed by atoms with Crippen molar-refractivity contribution in [1.82, 2.24) is 0 Å². The van der Waals surface area contributed by atoms with Gasteiger partial charge in [-0.1, -0.05) is 36.4 Å². The lowest BCUT2D eigenvalue weighted by molar-refractivity contribution is 0.598. The minimum Gasteiger partial charge on any atom is -0.210 e. The molecule has 2 rings (SSSR count). The van der Waals surface area contributed by atoms with Crippen LogP contribution in [0, 0.1) is 0 Å². The van der Waals surface area contributed by atoms with Gasteiger partial charge >= 0.3 is 0 Å². The Hall–Kier alpha value is -0.590. The molecule has 0 amide bonds. The Balaban J connectivity index is 2.68. The average Bonchev–Trinajstić information content (AvgIpc) is 2.38. The molecule has 0 radical (unpaired) electrons. The zero-order chi connectivity index (χ0) is 15.8. The number of nitrogens with zero attached hydrogens (tertiary/aromatic N) is 1. The van der Waals surface area contributed by atoms with Gasteiger partial charge in [0, 0.05) is 6.26 Å². The summed E-state index contributed by atoms with van der Waals surface area (Å²) in [6.45, 7) is -4.16. The number of sulfonamides is 1. The van der Waals surface area contributed by atoms with Gasteiger partial charge in [0.15, 0.2) is 0 Å². The van der Waals surface area contributed by atoms with E-state index >= 15 is 0 Å². The van der Waals surface area contributed by atoms with Crippen molar-refractivity contribution in [3.05, 3.63) is 60.7 Å². The topological polar surface area (TPSA) is 37.4 Å². The molecule has 0 bridgehead atoms. The molecular weight excluding hydrogens is 373 g/mol. The van der Waals surface area contributed by atoms with Gasteiger partial charge in [0.05, 0.1) is 10.6 Å². The Labute approximate surface area is 138 Å². The molecule has 0 saturated heterocycles. The number of rotatable bonds is 4. The molecule has 2 aromatic carbocycles. The zero-order valence-corrected chi connectivity index (χ0v) is 15.0. The smallest absolute Gasteiger partial charge is 0.210 e. The summed E-state index contributed by atoms with van der Waals surface area (Å²) in [7, 11) is 14.7. The van der Waals surface area contributed by atoms with Crippen LogP contribution in [0.2, 0.25) is 0 Å². The van der Waals surface area contributed by atoms with Crippen molar-refractivity contribution < 1.29 is 8.42 Å². The fourth-order valence-corrected chi connectivity index (χ4v) is 8.69. The van der Waals surface area contributed by atoms with E-state index in [0.29, 0.717) is 5.69 Å². The predicted molar refractivity (Wildman–Crippen MR) is 95.0 cm³/mol. The third kappa shape index (κ3) is 3.79. The first-order chi connectivity index (χ1) is 9.59. The Morgan fingerprint density at radius 1 is 0.857 bits per heavy atom. The van der Waals surface area contributed by atoms with Crippen LogP contribution in [0.3, 0.4) is 0 Å². The Morgan fingerprint density at radius 3 is 1.71 bits per heavy atom. The third-order valence-corrected chi connectivity index (χ3v) is 9.21. The molecule has 0 atom stereocenters. The molecule has 0 spiro atoms. The Kier molecular flexibility index (Phi) is 4.44. The molecule has 0 aliphatic heterocycles. The van der Waals surface area contributed by atoms with Crippen molar-refractivity contribution in [2.45, 2.75) is 4.90 Å². The van der Waals surface area contributed by atoms with Crippen LogP contribution >= 0.6 is 39.0 Å². The summed E-state index contributed by atoms with van der Waals surface area (Å²) in [5, 5.41) is 0. The standard InChI is InChI=1S/C13H14Cl3NO2S2/c1-21(14,15,16)17(12-8-4-2-5-9-12)20(18,19)13-10-6-3-7-11-13/h2-11,21H,1H3. The first kappa shape index (κ1) is 16.8. The number of anilines is 1. The van der Waals surface area contributed by atoms with Gasteiger partial charge in [0.25, 0.3) is 10.0 Å². The first-order valence-electron chi connectivity index (χ1n) is 5.92. The van der Waals surface area contributed by atoms with Crippen molar-refractivity contribution in [2.24, 2.45) is 0 Å². The maximum absolute atomic E-state index is 12.9. The molecule has 0 heterocycles. The van der Waals surface area contributed by atoms with Gasteiger partial charge in [0.2, 0.25) is 0 Å². The monoisotopic (exact) mass is 385 g/mol. The normalized spacial score (nSPS) is 14.2. The summed E-state index contributed by atoms with van der Waals surface area (Å²) in [4.78, 5) is 0.0756. The van der Waals surface area contributed by atoms with Gasteiger partial charge in [-0.25, -0.2) is 12.1 Å². The van der Waals surface area contributed by atoms with E-state index in [1.165, 1.54) is 18.4 Å². The highest BCUT2D eigenvalue weighted by atomic mass is 36.2. The van der Waals surface area contributed by atoms with Crippen LogP contribution in [0.1, 0.15) is 0 Å². The predicted octanol–water partition coefficient (Wildman–Crippen LogP) is 4.96. The highest BCUT2D eigenvalue weighted by molar-refractivity contribution is 8.93. The van der Waals surface area contributed by atoms with Gasteiger partial charge in [-0.3, -0.25) is 0 Å². The fraction of sp³-hybridized carbons (Fsp3) is 0.0769. The minimum atomic E-state index is -4.16. The molecule has 0 unspecified atom stereocenters. The molecule has 2 aromatic rings. The number of hydrogen-bond acceptors (Lipinski definition) is 2. The van der Waals surface area contributed by atoms with E-state index in [0.717, 1.165) is 3.71 Å². The summed E-state index contributed by atoms with van der Waals surface area (Å²) in [6, 6.07) is 16.2. The van der Waals surface area contributed by atoms with Gasteiger partial charge < -0.3 is 0 Å². The van der Waals surface area contributed by atoms with Crippen molar-refractivity contribution >= 4 is 54.7 Å². The molecule has 0 aliphatic carbocycles. The van der Waals surface area contributed by atoms with E-state index in [-0.39, 0.29) is 4.90 Å². The average molecular weight is 387 g/mol. The molecule has 8 heteroatoms. The molecule has 0 aliphatic rings. The number of benzene rings is 2. The second-order valence-corrected chi connectivity index (χ2v) is 18.2. The van der Waals surface area contributed by atoms with E-state index < -0.39 is 17.0 Å². The Morgan fingerprint density at radius 2 is 1.29 bits per heavy atom. The summed E-state index contributed by atoms with van der Waals surface area (Å²) >= 11 is 0. The minimum absolute atomic E-state index is 0.0756. The lowest BCUT2D eigenvalue weighted by Crippen LogP contribution is -2.33. The molecule has 3 nitrogen and oxygen atoms in total. The SMILES string of the molecule is C[SH](Cl)(Cl)(Cl)N(c1ccccc1)S(=O)(=O)c1ccccc1. The van der Waals surface area contributed by atoms with Crippen LogP contribution in [0.5, 0.6) is 0 Å². The van der Waals surface area contributed by atoms with Crippen molar-refractivity contribution in [3.63, 3.8) is 0 Å². The van der Waals surface area contributed by atoms with Gasteiger partial charge in [0.1, 0.15) is 0 Å². The molecule has 0 aromatic heterocycles. The summed E-state index contributed by atoms with van der Waals surface area (Å²) < 4.78 is 26.7. The van der Waals surface area contributed by atoms with E-state index in [1.54, 1.807) is 48.5 Å². The van der Waals surface area contributed by atoms with Gasteiger partial charge in [-0.05, 0) is 63.3 Å². The maximum atomic E-state index is 12.9. The fourth-order valence-electron chi connectivity index (χ4n) is 1.86. The summed E-state index contributed by atoms with van der Waals surface area (Å²) in [5.74, 6) is 0. The molecule has 21 heavy (non-hydrogen) atoms. The van der Waals surface area contributed by atoms with Crippen LogP contribution in [0.15, 0.2) is 65.6 Å². The molecule has 0 N–H and O–H groups in total. The van der Waals surface area contributed by atoms with Crippen LogP contribution in [-0.4, -0.2) is 14.7 Å². The van der Waals surface area contributed by atoms with E-state index in [1.807, 2.05) is 0 Å². The number of hydrogen-bond donors (Lipinski definition) is 1. The zero-order valence-electron chi connectivity index (χ0n) is 11.0. The van der Waals surface area contributed by atoms with E-state index in [4.69, 9.17) is 32.0 Å². The third-order valence-electron chi connectivity index (χ3n) is 2.63. The largest absolute Gasteiger partial charge is 0.273 e. The number of thiol groups is 1. The van der Waals surface area contributed by atoms with Crippen molar-refractivity contribution in [1.29, 1.82) is 0 Å². The summed E-state index contributed by atoms with van der Waals surface area (Å²) in [5.41, 5.74) is 0.321. The highest BCUT2D eigenvalue weighted by Gasteiger charge is 2.43. The van der Waals surface area contributed by atoms with Crippen LogP contribution < -0.4 is 3.71 Å². The van der Waals surface area contributed by atoms with Crippen molar-refractivity contribution in [3.8, 4) is 0 Å². The Bertz CT molecular complexity index is 719. The molecular formula is C13H14Cl3NO2S2. The van der Waals surface area contributed by atoms with Crippen LogP contribution in [-0.2, 0) is 10.0 Å². The second kappa shape index (κ2) is 5.56. The number of halogens is 3. The molecule has 0 fully saturated rings. The maximum Gasteiger partial charge on any atom is 0.273 e. The molecule has 0 saturated carbocycles. The van der Waals surface area contributed by atoms with Crippen LogP contribution in [0.4, 0.5) is 5.69 Å². The van der Waals surface area contributed by atoms with Crippen molar-refractivity contribution in [2.75, 3.05) is 9.97 Å². The van der Waals surface area contributed by atoms with Gasteiger partial charge in [-0.15, -0.1) is 0 Å². The van der Waals surface area contributed by atoms with Gasteiger partial charge in [-0.2, -0.15) is 0 Å². The lowest BCUT2D eigenvalue weighted by Gasteiger charge is -2.49. The molecule has 116 valence electrons. The second-order valence-electron chi connectivity index (χ2n) is 4.52. The van der Waals surface area contributed by atoms with E-state index in [2.05, 4.69) is 0 Å². The van der Waals surface area contributed by atoms with E-state index in [9.17, 15) is 8.42 Å². The lowest BCUT2D eigenvalue weighted by atomic mass is 10.3.